The Balaban J connectivity index is 2.34. The van der Waals surface area contributed by atoms with E-state index in [4.69, 9.17) is 38.1 Å². The third kappa shape index (κ3) is 35.7. The summed E-state index contributed by atoms with van der Waals surface area (Å²) in [6, 6.07) is -21.3. The smallest absolute Gasteiger partial charge is 0.329 e. The number of carbonyl (C=O) groups excluding carboxylic acids is 25. The van der Waals surface area contributed by atoms with Gasteiger partial charge in [-0.15, -0.1) is 0 Å². The summed E-state index contributed by atoms with van der Waals surface area (Å²) in [4.78, 5) is 363. The quantitative estimate of drug-likeness (QED) is 0.0272. The van der Waals surface area contributed by atoms with E-state index in [0.717, 1.165) is 71.2 Å². The fourth-order valence-electron chi connectivity index (χ4n) is 16.9. The van der Waals surface area contributed by atoms with Crippen molar-refractivity contribution in [3.05, 3.63) is 35.9 Å². The number of imide groups is 1. The highest BCUT2D eigenvalue weighted by atomic mass is 16.5. The van der Waals surface area contributed by atoms with Gasteiger partial charge in [-0.3, -0.25) is 116 Å². The van der Waals surface area contributed by atoms with Gasteiger partial charge < -0.3 is 136 Å². The SMILES string of the molecule is CC[C@@H](C)[C@@H](C(=O)N(C)[C@@H](CC(N)=O)C(=O)N(C)[C@H](C(=O)N(C)[C@H](C(=O)N(C)[C@@H](CC(C)C)C(=O)N[C@@H](CC(N)=O)C(=O)NC1C(=O)N[C@@H](CC(N)=O)C(=O)N(C)CC(=O)N[C@@H](CC(N)=O)C(=O)N[C@@H](C)C(=O)N[C@H]([C@H](C)CC)C(=O)N[C@H]2CC(=O)N[C@@]2(O)[C@H](C)C(=O)N[C@@H](CC(=O)NC(N)=O)C(=O)N[C@H](C)C(=O)N(C)[C@H]([C@@H](C)CC)C(=O)O[C@@H]1C)C(C)C)[C@H](C)CC)N(C)C(=O)[C@@H](Cc1ccccc1)NC(=O)COC. The number of nitrogens with two attached hydrogens (primary N) is 5. The van der Waals surface area contributed by atoms with Gasteiger partial charge in [0.25, 0.3) is 0 Å². The first-order valence-electron chi connectivity index (χ1n) is 48.2. The fourth-order valence-corrected chi connectivity index (χ4v) is 16.9. The Morgan fingerprint density at radius 2 is 1.01 bits per heavy atom. The van der Waals surface area contributed by atoms with Crippen LogP contribution in [0.4, 0.5) is 4.79 Å². The second-order valence-corrected chi connectivity index (χ2v) is 38.4. The number of urea groups is 1. The van der Waals surface area contributed by atoms with E-state index in [1.165, 1.54) is 56.2 Å². The van der Waals surface area contributed by atoms with E-state index >= 15 is 38.4 Å². The van der Waals surface area contributed by atoms with E-state index in [1.54, 1.807) is 105 Å². The van der Waals surface area contributed by atoms with Crippen LogP contribution in [-0.2, 0) is 131 Å². The zero-order chi connectivity index (χ0) is 112. The lowest BCUT2D eigenvalue weighted by molar-refractivity contribution is -0.163. The molecule has 2 fully saturated rings. The molecule has 0 aliphatic carbocycles. The van der Waals surface area contributed by atoms with Crippen molar-refractivity contribution < 1.29 is 134 Å². The Morgan fingerprint density at radius 1 is 0.507 bits per heavy atom. The van der Waals surface area contributed by atoms with Crippen molar-refractivity contribution in [2.24, 2.45) is 70.1 Å². The van der Waals surface area contributed by atoms with Gasteiger partial charge in [0.15, 0.2) is 5.72 Å². The first kappa shape index (κ1) is 126. The molecule has 0 saturated carbocycles. The van der Waals surface area contributed by atoms with Crippen molar-refractivity contribution in [1.29, 1.82) is 0 Å². The number of likely N-dealkylation sites (N-methyl/N-ethyl adjacent to an activating group) is 7. The minimum atomic E-state index is -2.77. The molecule has 2 heterocycles. The van der Waals surface area contributed by atoms with E-state index in [0.29, 0.717) is 10.5 Å². The summed E-state index contributed by atoms with van der Waals surface area (Å²) in [6.07, 6.45) is -7.70. The van der Waals surface area contributed by atoms with E-state index in [1.807, 2.05) is 0 Å². The number of benzene rings is 1. The van der Waals surface area contributed by atoms with Crippen LogP contribution in [0.1, 0.15) is 187 Å². The average molecular weight is 2070 g/mol. The number of primary amides is 5. The second-order valence-electron chi connectivity index (χ2n) is 38.4. The average Bonchev–Trinajstić information content (AvgIpc) is 1.60. The monoisotopic (exact) mass is 2070 g/mol. The first-order chi connectivity index (χ1) is 67.8. The predicted octanol–water partition coefficient (Wildman–Crippen LogP) is -7.05. The lowest BCUT2D eigenvalue weighted by atomic mass is 9.89. The molecule has 25 amide bonds. The number of amides is 25. The minimum absolute atomic E-state index is 0.0104. The largest absolute Gasteiger partial charge is 0.458 e. The number of aliphatic hydroxyl groups is 1. The molecule has 0 aromatic heterocycles. The Labute approximate surface area is 848 Å². The molecule has 0 radical (unpaired) electrons. The topological polar surface area (TPSA) is 763 Å². The number of fused-ring (bicyclic) bond motifs is 1. The molecule has 1 unspecified atom stereocenters. The van der Waals surface area contributed by atoms with E-state index in [-0.39, 0.29) is 38.5 Å². The van der Waals surface area contributed by atoms with Crippen molar-refractivity contribution in [3.8, 4) is 0 Å². The summed E-state index contributed by atoms with van der Waals surface area (Å²) >= 11 is 0. The predicted molar refractivity (Wildman–Crippen MR) is 522 cm³/mol. The molecule has 23 atom stereocenters. The Bertz CT molecular complexity index is 4910. The molecule has 52 heteroatoms. The Morgan fingerprint density at radius 3 is 1.51 bits per heavy atom. The van der Waals surface area contributed by atoms with Crippen LogP contribution in [0.15, 0.2) is 30.3 Å². The maximum absolute atomic E-state index is 15.6. The highest BCUT2D eigenvalue weighted by molar-refractivity contribution is 6.04. The van der Waals surface area contributed by atoms with E-state index in [2.05, 4.69) is 58.5 Å². The highest BCUT2D eigenvalue weighted by Crippen LogP contribution is 2.31. The van der Waals surface area contributed by atoms with Crippen LogP contribution in [0.2, 0.25) is 0 Å². The van der Waals surface area contributed by atoms with Gasteiger partial charge in [-0.1, -0.05) is 139 Å². The van der Waals surface area contributed by atoms with Gasteiger partial charge in [0.2, 0.25) is 136 Å². The van der Waals surface area contributed by atoms with Crippen molar-refractivity contribution in [2.45, 2.75) is 296 Å². The molecule has 3 rings (SSSR count). The van der Waals surface area contributed by atoms with Gasteiger partial charge in [0, 0.05) is 62.9 Å². The first-order valence-corrected chi connectivity index (χ1v) is 48.2. The summed E-state index contributed by atoms with van der Waals surface area (Å²) in [5.74, 6) is -34.2. The molecule has 2 saturated heterocycles. The number of esters is 1. The maximum Gasteiger partial charge on any atom is 0.329 e. The summed E-state index contributed by atoms with van der Waals surface area (Å²) in [5.41, 5.74) is 25.9. The summed E-state index contributed by atoms with van der Waals surface area (Å²) in [6.45, 7) is 21.9. The van der Waals surface area contributed by atoms with Crippen LogP contribution >= 0.6 is 0 Å². The number of cyclic esters (lactones) is 1. The highest BCUT2D eigenvalue weighted by Gasteiger charge is 2.55. The van der Waals surface area contributed by atoms with Crippen molar-refractivity contribution in [1.82, 2.24) is 98.1 Å². The van der Waals surface area contributed by atoms with Crippen LogP contribution in [0.25, 0.3) is 0 Å². The molecule has 1 aromatic carbocycles. The molecule has 0 bridgehead atoms. The third-order valence-corrected chi connectivity index (χ3v) is 26.2. The fraction of sp³-hybridized carbons (Fsp3) is 0.670. The minimum Gasteiger partial charge on any atom is -0.458 e. The van der Waals surface area contributed by atoms with Gasteiger partial charge in [-0.25, -0.2) is 9.59 Å². The molecular formula is C94H152N24O28. The summed E-state index contributed by atoms with van der Waals surface area (Å²) in [7, 11) is 9.56. The molecule has 2 aliphatic rings. The zero-order valence-corrected chi connectivity index (χ0v) is 87.6. The van der Waals surface area contributed by atoms with E-state index < -0.39 is 349 Å². The lowest BCUT2D eigenvalue weighted by Crippen LogP contribution is -2.65. The van der Waals surface area contributed by atoms with Gasteiger partial charge in [0.05, 0.1) is 57.0 Å². The number of rotatable bonds is 40. The zero-order valence-electron chi connectivity index (χ0n) is 87.6. The molecule has 146 heavy (non-hydrogen) atoms. The van der Waals surface area contributed by atoms with Gasteiger partial charge in [0.1, 0.15) is 103 Å². The van der Waals surface area contributed by atoms with Crippen molar-refractivity contribution in [2.75, 3.05) is 69.6 Å². The molecule has 816 valence electrons. The van der Waals surface area contributed by atoms with Gasteiger partial charge >= 0.3 is 12.0 Å². The molecule has 2 aliphatic heterocycles. The Kier molecular flexibility index (Phi) is 49.7. The number of hydrogen-bond donors (Lipinski definition) is 18. The van der Waals surface area contributed by atoms with E-state index in [9.17, 15) is 86.6 Å². The summed E-state index contributed by atoms with van der Waals surface area (Å²) in [5, 5.41) is 39.8. The normalized spacial score (nSPS) is 23.4. The number of methoxy groups -OCH3 is 1. The van der Waals surface area contributed by atoms with Crippen LogP contribution in [0.3, 0.4) is 0 Å². The number of ether oxygens (including phenoxy) is 2. The maximum atomic E-state index is 15.6. The van der Waals surface area contributed by atoms with Crippen molar-refractivity contribution >= 4 is 148 Å². The molecule has 52 nitrogen and oxygen atoms in total. The van der Waals surface area contributed by atoms with Crippen molar-refractivity contribution in [3.63, 3.8) is 0 Å². The lowest BCUT2D eigenvalue weighted by Gasteiger charge is -2.42. The molecule has 1 aromatic rings. The van der Waals surface area contributed by atoms with Crippen LogP contribution in [0, 0.1) is 41.4 Å². The van der Waals surface area contributed by atoms with Crippen LogP contribution in [0.5, 0.6) is 0 Å². The van der Waals surface area contributed by atoms with Crippen LogP contribution in [-0.4, -0.2) is 365 Å². The number of hydrogen-bond acceptors (Lipinski definition) is 28. The number of carbonyl (C=O) groups is 25. The molecular weight excluding hydrogens is 1910 g/mol. The summed E-state index contributed by atoms with van der Waals surface area (Å²) < 4.78 is 11.0. The number of nitrogens with one attached hydrogen (secondary N) is 12. The number of nitrogens with zero attached hydrogens (tertiary/aromatic N) is 7. The molecule has 23 N–H and O–H groups in total. The van der Waals surface area contributed by atoms with Gasteiger partial charge in [-0.05, 0) is 75.2 Å². The third-order valence-electron chi connectivity index (χ3n) is 26.2. The van der Waals surface area contributed by atoms with Crippen LogP contribution < -0.4 is 92.5 Å². The van der Waals surface area contributed by atoms with Gasteiger partial charge in [-0.2, -0.15) is 0 Å². The Hall–Kier alpha value is -14.1. The molecule has 0 spiro atoms. The standard InChI is InChI=1S/C94H152N24O28/c1-25-46(9)71-83(133)107-62-41-68(124)111-94(62,144)50(13)77(127)104-57(39-67(123)108-93(99)143)80(130)101-52(15)85(135)118(23)76(49(12)28-4)92(142)146-53(16)72(84(134)106-59(38-65(97)121)86(136)112(17)42-69(125)102-55(36-63(95)119)79(129)100-51(14)78(128)109-71)110-81(131)56(37-64(96)120)105-82(132)60(34-44(5)6)113(18)89(139)73(45(7)8)115(20)91(141)75(48(11)27-3)117(22)88(138)61(40-66(98)122)114(19)90(140)74(47(10)26-2)116(21)87(137)58(103-70(126)43-145-24)35-54-32-30-29-31-33-54/h29-33,44-53,55-62,71-76,144H,25-28,34-43H2,1-24H3,(H2,95,119)(H2,96,120)(H2,97,121)(H2,98,122)(H,100,129)(H,101,130)(H,102,125)(H,103,126)(H,104,127)(H,105,132)(H,106,134)(H,107,133)(H,109,128)(H,110,131)(H,111,124)(H3,99,108,123,143)/t46-,47-,48-,49+,50-,51+,52-,53-,55+,56+,57+,58-,59+,60+,61+,62+,71-,72?,73+,74+,75+,76-,94-/m1/s1. The second kappa shape index (κ2) is 57.5.